The summed E-state index contributed by atoms with van der Waals surface area (Å²) < 4.78 is 0. The molecule has 0 aromatic heterocycles. The Bertz CT molecular complexity index is 543. The molecule has 2 heteroatoms. The first kappa shape index (κ1) is 13.2. The van der Waals surface area contributed by atoms with E-state index >= 15 is 0 Å². The summed E-state index contributed by atoms with van der Waals surface area (Å²) in [4.78, 5) is 0. The predicted octanol–water partition coefficient (Wildman–Crippen LogP) is 3.87. The van der Waals surface area contributed by atoms with Gasteiger partial charge in [-0.25, -0.2) is 0 Å². The van der Waals surface area contributed by atoms with Gasteiger partial charge in [0.2, 0.25) is 0 Å². The fourth-order valence-corrected chi connectivity index (χ4v) is 2.97. The van der Waals surface area contributed by atoms with E-state index in [2.05, 4.69) is 36.5 Å². The van der Waals surface area contributed by atoms with Crippen molar-refractivity contribution in [3.8, 4) is 5.75 Å². The van der Waals surface area contributed by atoms with Crippen LogP contribution in [0.15, 0.2) is 54.6 Å². The van der Waals surface area contributed by atoms with Crippen LogP contribution in [0, 0.1) is 5.92 Å². The second-order valence-electron chi connectivity index (χ2n) is 5.88. The molecule has 104 valence electrons. The molecule has 3 rings (SSSR count). The number of hydrogen-bond acceptors (Lipinski definition) is 2. The van der Waals surface area contributed by atoms with Crippen LogP contribution in [-0.2, 0) is 0 Å². The van der Waals surface area contributed by atoms with Crippen LogP contribution in [0.1, 0.15) is 36.9 Å². The summed E-state index contributed by atoms with van der Waals surface area (Å²) in [6.45, 7) is 2.30. The van der Waals surface area contributed by atoms with Gasteiger partial charge in [-0.2, -0.15) is 0 Å². The fraction of sp³-hybridized carbons (Fsp3) is 0.333. The lowest BCUT2D eigenvalue weighted by Crippen LogP contribution is -2.42. The molecule has 20 heavy (non-hydrogen) atoms. The van der Waals surface area contributed by atoms with Crippen molar-refractivity contribution in [1.82, 2.24) is 5.32 Å². The fourth-order valence-electron chi connectivity index (χ4n) is 2.97. The molecule has 2 nitrogen and oxygen atoms in total. The number of benzene rings is 2. The molecule has 1 aliphatic rings. The molecule has 1 atom stereocenters. The van der Waals surface area contributed by atoms with E-state index in [0.29, 0.717) is 11.8 Å². The Morgan fingerprint density at radius 3 is 2.15 bits per heavy atom. The zero-order valence-corrected chi connectivity index (χ0v) is 11.8. The lowest BCUT2D eigenvalue weighted by atomic mass is 9.81. The van der Waals surface area contributed by atoms with E-state index < -0.39 is 0 Å². The molecular formula is C18H21NO. The molecule has 1 unspecified atom stereocenters. The summed E-state index contributed by atoms with van der Waals surface area (Å²) in [6.07, 6.45) is 2.50. The van der Waals surface area contributed by atoms with Gasteiger partial charge in [0.1, 0.15) is 5.75 Å². The van der Waals surface area contributed by atoms with Crippen molar-refractivity contribution in [3.05, 3.63) is 65.7 Å². The van der Waals surface area contributed by atoms with Gasteiger partial charge in [-0.1, -0.05) is 49.4 Å². The topological polar surface area (TPSA) is 32.3 Å². The van der Waals surface area contributed by atoms with Crippen LogP contribution < -0.4 is 5.32 Å². The first-order valence-corrected chi connectivity index (χ1v) is 7.32. The molecule has 1 fully saturated rings. The van der Waals surface area contributed by atoms with Gasteiger partial charge >= 0.3 is 0 Å². The number of phenolic OH excluding ortho intramolecular Hbond substituents is 1. The number of rotatable bonds is 4. The Morgan fingerprint density at radius 2 is 1.55 bits per heavy atom. The molecule has 0 aliphatic heterocycles. The summed E-state index contributed by atoms with van der Waals surface area (Å²) in [5.41, 5.74) is 2.48. The van der Waals surface area contributed by atoms with Crippen molar-refractivity contribution < 1.29 is 5.11 Å². The van der Waals surface area contributed by atoms with Crippen LogP contribution >= 0.6 is 0 Å². The molecule has 1 saturated carbocycles. The lowest BCUT2D eigenvalue weighted by Gasteiger charge is -2.37. The highest BCUT2D eigenvalue weighted by Gasteiger charge is 2.28. The number of aromatic hydroxyl groups is 1. The summed E-state index contributed by atoms with van der Waals surface area (Å²) in [5, 5.41) is 13.2. The molecule has 0 radical (unpaired) electrons. The molecule has 0 heterocycles. The third kappa shape index (κ3) is 2.86. The minimum absolute atomic E-state index is 0.203. The average Bonchev–Trinajstić information content (AvgIpc) is 2.44. The third-order valence-electron chi connectivity index (χ3n) is 4.14. The Hall–Kier alpha value is -1.80. The van der Waals surface area contributed by atoms with Gasteiger partial charge < -0.3 is 10.4 Å². The number of hydrogen-bond donors (Lipinski definition) is 2. The standard InChI is InChI=1S/C18H21NO/c1-13-11-16(12-13)19-18(14-5-3-2-4-6-14)15-7-9-17(20)10-8-15/h2-10,13,16,18-20H,11-12H2,1H3. The summed E-state index contributed by atoms with van der Waals surface area (Å²) >= 11 is 0. The highest BCUT2D eigenvalue weighted by atomic mass is 16.3. The first-order chi connectivity index (χ1) is 9.72. The van der Waals surface area contributed by atoms with Crippen LogP contribution in [0.2, 0.25) is 0 Å². The maximum Gasteiger partial charge on any atom is 0.115 e. The molecule has 0 spiro atoms. The quantitative estimate of drug-likeness (QED) is 0.881. The number of phenols is 1. The zero-order chi connectivity index (χ0) is 13.9. The van der Waals surface area contributed by atoms with Gasteiger partial charge in [-0.3, -0.25) is 0 Å². The molecular weight excluding hydrogens is 246 g/mol. The summed E-state index contributed by atoms with van der Waals surface area (Å²) in [7, 11) is 0. The van der Waals surface area contributed by atoms with Gasteiger partial charge in [-0.15, -0.1) is 0 Å². The van der Waals surface area contributed by atoms with Crippen molar-refractivity contribution in [3.63, 3.8) is 0 Å². The third-order valence-corrected chi connectivity index (χ3v) is 4.14. The Labute approximate surface area is 120 Å². The van der Waals surface area contributed by atoms with Crippen LogP contribution in [0.3, 0.4) is 0 Å². The number of nitrogens with one attached hydrogen (secondary N) is 1. The van der Waals surface area contributed by atoms with Crippen LogP contribution in [0.5, 0.6) is 5.75 Å². The Morgan fingerprint density at radius 1 is 0.950 bits per heavy atom. The highest BCUT2D eigenvalue weighted by Crippen LogP contribution is 2.31. The van der Waals surface area contributed by atoms with Crippen molar-refractivity contribution in [2.75, 3.05) is 0 Å². The van der Waals surface area contributed by atoms with E-state index in [1.54, 1.807) is 12.1 Å². The Balaban J connectivity index is 1.85. The van der Waals surface area contributed by atoms with E-state index in [9.17, 15) is 5.11 Å². The Kier molecular flexibility index (Phi) is 3.75. The van der Waals surface area contributed by atoms with Crippen molar-refractivity contribution in [1.29, 1.82) is 0 Å². The van der Waals surface area contributed by atoms with Gasteiger partial charge in [-0.05, 0) is 42.0 Å². The van der Waals surface area contributed by atoms with E-state index in [0.717, 1.165) is 5.92 Å². The average molecular weight is 267 g/mol. The maximum atomic E-state index is 9.46. The van der Waals surface area contributed by atoms with Crippen LogP contribution in [0.25, 0.3) is 0 Å². The normalized spacial score (nSPS) is 23.1. The van der Waals surface area contributed by atoms with Crippen LogP contribution in [0.4, 0.5) is 0 Å². The lowest BCUT2D eigenvalue weighted by molar-refractivity contribution is 0.230. The van der Waals surface area contributed by atoms with Gasteiger partial charge in [0.25, 0.3) is 0 Å². The van der Waals surface area contributed by atoms with Gasteiger partial charge in [0, 0.05) is 6.04 Å². The molecule has 2 aromatic rings. The van der Waals surface area contributed by atoms with E-state index in [-0.39, 0.29) is 6.04 Å². The van der Waals surface area contributed by atoms with Crippen LogP contribution in [-0.4, -0.2) is 11.1 Å². The van der Waals surface area contributed by atoms with Gasteiger partial charge in [0.05, 0.1) is 6.04 Å². The minimum atomic E-state index is 0.203. The SMILES string of the molecule is CC1CC(NC(c2ccccc2)c2ccc(O)cc2)C1. The van der Waals surface area contributed by atoms with Crippen molar-refractivity contribution in [2.24, 2.45) is 5.92 Å². The second kappa shape index (κ2) is 5.68. The first-order valence-electron chi connectivity index (χ1n) is 7.32. The van der Waals surface area contributed by atoms with E-state index in [1.807, 2.05) is 18.2 Å². The predicted molar refractivity (Wildman–Crippen MR) is 81.7 cm³/mol. The molecule has 0 saturated heterocycles. The van der Waals surface area contributed by atoms with Crippen molar-refractivity contribution >= 4 is 0 Å². The highest BCUT2D eigenvalue weighted by molar-refractivity contribution is 5.35. The monoisotopic (exact) mass is 267 g/mol. The second-order valence-corrected chi connectivity index (χ2v) is 5.88. The van der Waals surface area contributed by atoms with E-state index in [1.165, 1.54) is 24.0 Å². The van der Waals surface area contributed by atoms with Gasteiger partial charge in [0.15, 0.2) is 0 Å². The smallest absolute Gasteiger partial charge is 0.115 e. The molecule has 1 aliphatic carbocycles. The molecule has 2 aromatic carbocycles. The summed E-state index contributed by atoms with van der Waals surface area (Å²) in [6, 6.07) is 18.8. The zero-order valence-electron chi connectivity index (χ0n) is 11.8. The molecule has 2 N–H and O–H groups in total. The maximum absolute atomic E-state index is 9.46. The molecule has 0 bridgehead atoms. The molecule has 0 amide bonds. The van der Waals surface area contributed by atoms with Crippen molar-refractivity contribution in [2.45, 2.75) is 31.8 Å². The largest absolute Gasteiger partial charge is 0.508 e. The van der Waals surface area contributed by atoms with E-state index in [4.69, 9.17) is 0 Å². The summed E-state index contributed by atoms with van der Waals surface area (Å²) in [5.74, 6) is 1.15. The minimum Gasteiger partial charge on any atom is -0.508 e.